The topological polar surface area (TPSA) is 66.1 Å². The molecule has 5 rings (SSSR count). The molecule has 3 atom stereocenters. The predicted octanol–water partition coefficient (Wildman–Crippen LogP) is 3.09. The molecule has 5 heteroatoms. The molecule has 1 spiro atoms. The maximum Gasteiger partial charge on any atom is 0.254 e. The van der Waals surface area contributed by atoms with E-state index >= 15 is 0 Å². The lowest BCUT2D eigenvalue weighted by molar-refractivity contribution is -0.138. The molecule has 1 N–H and O–H groups in total. The summed E-state index contributed by atoms with van der Waals surface area (Å²) in [5.41, 5.74) is 1.75. The van der Waals surface area contributed by atoms with Crippen molar-refractivity contribution in [2.75, 3.05) is 13.1 Å². The van der Waals surface area contributed by atoms with E-state index in [1.165, 1.54) is 6.42 Å². The number of nitrogens with one attached hydrogen (secondary N) is 1. The monoisotopic (exact) mass is 381 g/mol. The van der Waals surface area contributed by atoms with Crippen LogP contribution in [0.25, 0.3) is 0 Å². The molecule has 1 aromatic heterocycles. The van der Waals surface area contributed by atoms with Crippen LogP contribution >= 0.6 is 0 Å². The fourth-order valence-electron chi connectivity index (χ4n) is 5.95. The van der Waals surface area contributed by atoms with Crippen LogP contribution in [0.15, 0.2) is 16.9 Å². The van der Waals surface area contributed by atoms with Gasteiger partial charge in [-0.3, -0.25) is 9.59 Å². The number of carbonyl (C=O) groups excluding carboxylic acids is 1. The Morgan fingerprint density at radius 2 is 1.93 bits per heavy atom. The third kappa shape index (κ3) is 2.69. The Bertz CT molecular complexity index is 899. The van der Waals surface area contributed by atoms with Gasteiger partial charge in [-0.05, 0) is 50.4 Å². The molecule has 150 valence electrons. The summed E-state index contributed by atoms with van der Waals surface area (Å²) >= 11 is 0. The number of nitrogens with zero attached hydrogens (tertiary/aromatic N) is 2. The second-order valence-corrected chi connectivity index (χ2v) is 10.5. The first-order chi connectivity index (χ1) is 13.3. The highest BCUT2D eigenvalue weighted by Gasteiger charge is 2.47. The Kier molecular flexibility index (Phi) is 3.91. The highest BCUT2D eigenvalue weighted by molar-refractivity contribution is 5.80. The van der Waals surface area contributed by atoms with Gasteiger partial charge in [-0.25, -0.2) is 4.98 Å². The zero-order valence-corrected chi connectivity index (χ0v) is 17.3. The molecular formula is C23H31N3O2. The van der Waals surface area contributed by atoms with Gasteiger partial charge in [-0.1, -0.05) is 32.9 Å². The number of amides is 1. The van der Waals surface area contributed by atoms with E-state index in [4.69, 9.17) is 4.98 Å². The van der Waals surface area contributed by atoms with Gasteiger partial charge in [0.25, 0.3) is 5.56 Å². The molecule has 1 aliphatic heterocycles. The Morgan fingerprint density at radius 1 is 1.18 bits per heavy atom. The molecule has 5 nitrogen and oxygen atoms in total. The Balaban J connectivity index is 1.36. The second-order valence-electron chi connectivity index (χ2n) is 10.5. The first-order valence-electron chi connectivity index (χ1n) is 10.9. The molecule has 28 heavy (non-hydrogen) atoms. The Labute approximate surface area is 166 Å². The fraction of sp³-hybridized carbons (Fsp3) is 0.696. The summed E-state index contributed by atoms with van der Waals surface area (Å²) in [6.45, 7) is 7.86. The molecule has 4 aliphatic rings. The van der Waals surface area contributed by atoms with Crippen LogP contribution < -0.4 is 5.56 Å². The van der Waals surface area contributed by atoms with Gasteiger partial charge in [0.1, 0.15) is 5.82 Å². The largest absolute Gasteiger partial charge is 0.342 e. The number of hydrogen-bond donors (Lipinski definition) is 1. The molecular weight excluding hydrogens is 350 g/mol. The van der Waals surface area contributed by atoms with Crippen molar-refractivity contribution in [1.29, 1.82) is 0 Å². The standard InChI is InChI=1S/C23H31N3O2/c1-22(2,3)21-24-18-16(19(27)25-21)6-7-23(18)8-10-26(11-9-23)20(28)17-13-14-4-5-15(17)12-14/h4-5,14-15,17H,6-13H2,1-3H3,(H,24,25,27)/t14-,15+,17-/m1/s1. The zero-order chi connectivity index (χ0) is 19.7. The van der Waals surface area contributed by atoms with Crippen LogP contribution in [-0.4, -0.2) is 33.9 Å². The molecule has 1 aromatic rings. The summed E-state index contributed by atoms with van der Waals surface area (Å²) in [5, 5.41) is 0. The number of hydrogen-bond acceptors (Lipinski definition) is 3. The summed E-state index contributed by atoms with van der Waals surface area (Å²) in [6, 6.07) is 0. The van der Waals surface area contributed by atoms with Crippen LogP contribution in [0, 0.1) is 17.8 Å². The molecule has 2 heterocycles. The van der Waals surface area contributed by atoms with Gasteiger partial charge >= 0.3 is 0 Å². The summed E-state index contributed by atoms with van der Waals surface area (Å²) in [5.74, 6) is 2.44. The van der Waals surface area contributed by atoms with Gasteiger partial charge in [0.15, 0.2) is 0 Å². The van der Waals surface area contributed by atoms with Crippen molar-refractivity contribution in [1.82, 2.24) is 14.9 Å². The van der Waals surface area contributed by atoms with Crippen LogP contribution in [0.1, 0.15) is 70.0 Å². The first-order valence-corrected chi connectivity index (χ1v) is 10.9. The molecule has 3 aliphatic carbocycles. The smallest absolute Gasteiger partial charge is 0.254 e. The number of carbonyl (C=O) groups is 1. The van der Waals surface area contributed by atoms with E-state index < -0.39 is 0 Å². The van der Waals surface area contributed by atoms with Crippen LogP contribution in [0.4, 0.5) is 0 Å². The summed E-state index contributed by atoms with van der Waals surface area (Å²) in [4.78, 5) is 35.8. The number of rotatable bonds is 1. The second kappa shape index (κ2) is 6.04. The van der Waals surface area contributed by atoms with E-state index in [1.807, 2.05) is 0 Å². The van der Waals surface area contributed by atoms with Crippen molar-refractivity contribution in [2.24, 2.45) is 17.8 Å². The lowest BCUT2D eigenvalue weighted by atomic mass is 9.75. The Hall–Kier alpha value is -1.91. The zero-order valence-electron chi connectivity index (χ0n) is 17.3. The van der Waals surface area contributed by atoms with Crippen LogP contribution in [0.5, 0.6) is 0 Å². The third-order valence-electron chi connectivity index (χ3n) is 7.71. The van der Waals surface area contributed by atoms with Crippen LogP contribution in [-0.2, 0) is 22.0 Å². The average Bonchev–Trinajstić information content (AvgIpc) is 3.37. The average molecular weight is 382 g/mol. The molecule has 1 saturated carbocycles. The number of allylic oxidation sites excluding steroid dienone is 2. The van der Waals surface area contributed by atoms with E-state index in [0.717, 1.165) is 62.3 Å². The lowest BCUT2D eigenvalue weighted by Gasteiger charge is -2.41. The lowest BCUT2D eigenvalue weighted by Crippen LogP contribution is -2.47. The SMILES string of the molecule is CC(C)(C)c1nc2c(c(=O)[nH]1)CCC21CCN(C(=O)[C@@H]2C[C@@H]3C=C[C@H]2C3)CC1. The van der Waals surface area contributed by atoms with Gasteiger partial charge in [0.05, 0.1) is 5.69 Å². The van der Waals surface area contributed by atoms with Gasteiger partial charge < -0.3 is 9.88 Å². The maximum absolute atomic E-state index is 13.1. The molecule has 0 aromatic carbocycles. The summed E-state index contributed by atoms with van der Waals surface area (Å²) in [6.07, 6.45) is 10.4. The van der Waals surface area contributed by atoms with Crippen LogP contribution in [0.2, 0.25) is 0 Å². The minimum absolute atomic E-state index is 0.0189. The molecule has 1 amide bonds. The number of fused-ring (bicyclic) bond motifs is 4. The number of aromatic nitrogens is 2. The molecule has 2 fully saturated rings. The third-order valence-corrected chi connectivity index (χ3v) is 7.71. The van der Waals surface area contributed by atoms with E-state index in [0.29, 0.717) is 17.7 Å². The summed E-state index contributed by atoms with van der Waals surface area (Å²) in [7, 11) is 0. The van der Waals surface area contributed by atoms with Gasteiger partial charge in [0, 0.05) is 35.4 Å². The van der Waals surface area contributed by atoms with Crippen molar-refractivity contribution in [3.63, 3.8) is 0 Å². The number of likely N-dealkylation sites (tertiary alicyclic amines) is 1. The highest BCUT2D eigenvalue weighted by atomic mass is 16.2. The predicted molar refractivity (Wildman–Crippen MR) is 108 cm³/mol. The molecule has 0 radical (unpaired) electrons. The molecule has 2 bridgehead atoms. The number of piperidine rings is 1. The summed E-state index contributed by atoms with van der Waals surface area (Å²) < 4.78 is 0. The van der Waals surface area contributed by atoms with Gasteiger partial charge in [0.2, 0.25) is 5.91 Å². The van der Waals surface area contributed by atoms with Gasteiger partial charge in [-0.2, -0.15) is 0 Å². The first kappa shape index (κ1) is 18.1. The molecule has 0 unspecified atom stereocenters. The van der Waals surface area contributed by atoms with Crippen molar-refractivity contribution < 1.29 is 4.79 Å². The number of aromatic amines is 1. The van der Waals surface area contributed by atoms with E-state index in [1.54, 1.807) is 0 Å². The fourth-order valence-corrected chi connectivity index (χ4v) is 5.95. The van der Waals surface area contributed by atoms with Crippen molar-refractivity contribution >= 4 is 5.91 Å². The number of H-pyrrole nitrogens is 1. The van der Waals surface area contributed by atoms with E-state index in [2.05, 4.69) is 42.8 Å². The normalized spacial score (nSPS) is 30.2. The van der Waals surface area contributed by atoms with E-state index in [9.17, 15) is 9.59 Å². The minimum atomic E-state index is -0.177. The van der Waals surface area contributed by atoms with E-state index in [-0.39, 0.29) is 22.3 Å². The Morgan fingerprint density at radius 3 is 2.54 bits per heavy atom. The van der Waals surface area contributed by atoms with Crippen molar-refractivity contribution in [3.05, 3.63) is 39.6 Å². The maximum atomic E-state index is 13.1. The quantitative estimate of drug-likeness (QED) is 0.760. The van der Waals surface area contributed by atoms with Crippen molar-refractivity contribution in [3.8, 4) is 0 Å². The molecule has 1 saturated heterocycles. The highest BCUT2D eigenvalue weighted by Crippen LogP contribution is 2.47. The van der Waals surface area contributed by atoms with Crippen molar-refractivity contribution in [2.45, 2.75) is 70.1 Å². The minimum Gasteiger partial charge on any atom is -0.342 e. The van der Waals surface area contributed by atoms with Crippen LogP contribution in [0.3, 0.4) is 0 Å². The van der Waals surface area contributed by atoms with Gasteiger partial charge in [-0.15, -0.1) is 0 Å².